The summed E-state index contributed by atoms with van der Waals surface area (Å²) >= 11 is 0. The van der Waals surface area contributed by atoms with Gasteiger partial charge in [0.2, 0.25) is 15.9 Å². The van der Waals surface area contributed by atoms with Crippen molar-refractivity contribution >= 4 is 21.6 Å². The highest BCUT2D eigenvalue weighted by atomic mass is 32.2. The van der Waals surface area contributed by atoms with E-state index in [1.165, 1.54) is 9.87 Å². The van der Waals surface area contributed by atoms with Gasteiger partial charge in [-0.25, -0.2) is 8.42 Å². The van der Waals surface area contributed by atoms with Gasteiger partial charge >= 0.3 is 0 Å². The fourth-order valence-electron chi connectivity index (χ4n) is 3.26. The van der Waals surface area contributed by atoms with Crippen LogP contribution < -0.4 is 10.6 Å². The van der Waals surface area contributed by atoms with Crippen molar-refractivity contribution in [3.05, 3.63) is 59.2 Å². The molecule has 2 N–H and O–H groups in total. The first-order chi connectivity index (χ1) is 14.1. The van der Waals surface area contributed by atoms with Crippen molar-refractivity contribution in [1.29, 1.82) is 0 Å². The predicted molar refractivity (Wildman–Crippen MR) is 122 cm³/mol. The van der Waals surface area contributed by atoms with Crippen LogP contribution in [0.5, 0.6) is 0 Å². The lowest BCUT2D eigenvalue weighted by molar-refractivity contribution is -0.117. The van der Waals surface area contributed by atoms with Crippen LogP contribution >= 0.6 is 0 Å². The smallest absolute Gasteiger partial charge is 0.243 e. The van der Waals surface area contributed by atoms with Gasteiger partial charge in [-0.2, -0.15) is 4.31 Å². The quantitative estimate of drug-likeness (QED) is 0.629. The molecule has 2 atom stereocenters. The second kappa shape index (κ2) is 10.2. The molecule has 164 valence electrons. The van der Waals surface area contributed by atoms with Crippen LogP contribution in [0.4, 0.5) is 5.69 Å². The number of benzene rings is 2. The molecule has 0 aliphatic rings. The van der Waals surface area contributed by atoms with Crippen LogP contribution in [0.2, 0.25) is 0 Å². The molecule has 2 aromatic carbocycles. The normalized spacial score (nSPS) is 13.8. The van der Waals surface area contributed by atoms with E-state index in [1.54, 1.807) is 24.3 Å². The molecule has 0 bridgehead atoms. The molecule has 0 saturated heterocycles. The number of amides is 1. The lowest BCUT2D eigenvalue weighted by Crippen LogP contribution is -2.39. The van der Waals surface area contributed by atoms with Crippen LogP contribution in [-0.4, -0.2) is 37.8 Å². The Morgan fingerprint density at radius 2 is 1.57 bits per heavy atom. The molecule has 2 unspecified atom stereocenters. The van der Waals surface area contributed by atoms with Crippen molar-refractivity contribution in [3.8, 4) is 0 Å². The molecule has 0 aromatic heterocycles. The molecule has 7 heteroatoms. The third-order valence-corrected chi connectivity index (χ3v) is 7.46. The maximum atomic E-state index is 12.6. The Kier molecular flexibility index (Phi) is 8.18. The van der Waals surface area contributed by atoms with Gasteiger partial charge in [0.05, 0.1) is 10.9 Å². The lowest BCUT2D eigenvalue weighted by atomic mass is 10.1. The van der Waals surface area contributed by atoms with Crippen molar-refractivity contribution in [2.24, 2.45) is 0 Å². The largest absolute Gasteiger partial charge is 0.325 e. The van der Waals surface area contributed by atoms with Crippen LogP contribution in [0.1, 0.15) is 50.4 Å². The van der Waals surface area contributed by atoms with E-state index in [1.807, 2.05) is 59.7 Å². The van der Waals surface area contributed by atoms with Gasteiger partial charge in [0, 0.05) is 24.8 Å². The molecule has 0 aliphatic carbocycles. The number of hydrogen-bond donors (Lipinski definition) is 2. The number of rotatable bonds is 9. The van der Waals surface area contributed by atoms with E-state index in [9.17, 15) is 13.2 Å². The number of carbonyl (C=O) groups is 1. The maximum Gasteiger partial charge on any atom is 0.243 e. The van der Waals surface area contributed by atoms with E-state index < -0.39 is 16.1 Å². The van der Waals surface area contributed by atoms with E-state index in [2.05, 4.69) is 10.6 Å². The Labute approximate surface area is 180 Å². The summed E-state index contributed by atoms with van der Waals surface area (Å²) in [5.41, 5.74) is 4.00. The third kappa shape index (κ3) is 5.68. The summed E-state index contributed by atoms with van der Waals surface area (Å²) in [4.78, 5) is 12.8. The zero-order valence-corrected chi connectivity index (χ0v) is 19.5. The van der Waals surface area contributed by atoms with E-state index in [0.717, 1.165) is 16.8 Å². The van der Waals surface area contributed by atoms with Crippen LogP contribution in [0.15, 0.2) is 47.4 Å². The SMILES string of the molecule is CCN(CC)S(=O)(=O)c1ccc(C(C)NC(C)C(=O)Nc2ccc(C)c(C)c2)cc1. The number of nitrogens with one attached hydrogen (secondary N) is 2. The Hall–Kier alpha value is -2.22. The highest BCUT2D eigenvalue weighted by Crippen LogP contribution is 2.20. The monoisotopic (exact) mass is 431 g/mol. The molecule has 0 spiro atoms. The van der Waals surface area contributed by atoms with Crippen molar-refractivity contribution in [1.82, 2.24) is 9.62 Å². The molecule has 30 heavy (non-hydrogen) atoms. The first-order valence-corrected chi connectivity index (χ1v) is 11.8. The van der Waals surface area contributed by atoms with Gasteiger partial charge in [-0.1, -0.05) is 32.0 Å². The van der Waals surface area contributed by atoms with Crippen LogP contribution in [0.3, 0.4) is 0 Å². The van der Waals surface area contributed by atoms with Crippen molar-refractivity contribution in [2.45, 2.75) is 58.5 Å². The van der Waals surface area contributed by atoms with E-state index in [-0.39, 0.29) is 16.8 Å². The minimum Gasteiger partial charge on any atom is -0.325 e. The van der Waals surface area contributed by atoms with Crippen molar-refractivity contribution in [2.75, 3.05) is 18.4 Å². The van der Waals surface area contributed by atoms with E-state index in [4.69, 9.17) is 0 Å². The van der Waals surface area contributed by atoms with Crippen LogP contribution in [-0.2, 0) is 14.8 Å². The van der Waals surface area contributed by atoms with Crippen molar-refractivity contribution < 1.29 is 13.2 Å². The zero-order chi connectivity index (χ0) is 22.5. The number of hydrogen-bond acceptors (Lipinski definition) is 4. The number of nitrogens with zero attached hydrogens (tertiary/aromatic N) is 1. The summed E-state index contributed by atoms with van der Waals surface area (Å²) < 4.78 is 26.7. The summed E-state index contributed by atoms with van der Waals surface area (Å²) in [5, 5.41) is 6.21. The molecular weight excluding hydrogens is 398 g/mol. The van der Waals surface area contributed by atoms with Gasteiger partial charge in [-0.3, -0.25) is 10.1 Å². The van der Waals surface area contributed by atoms with Crippen molar-refractivity contribution in [3.63, 3.8) is 0 Å². The van der Waals surface area contributed by atoms with Gasteiger partial charge < -0.3 is 5.32 Å². The van der Waals surface area contributed by atoms with Gasteiger partial charge in [0.15, 0.2) is 0 Å². The Bertz CT molecular complexity index is 968. The van der Waals surface area contributed by atoms with Gasteiger partial charge in [-0.15, -0.1) is 0 Å². The van der Waals surface area contributed by atoms with Crippen LogP contribution in [0.25, 0.3) is 0 Å². The predicted octanol–water partition coefficient (Wildman–Crippen LogP) is 4.01. The second-order valence-electron chi connectivity index (χ2n) is 7.56. The summed E-state index contributed by atoms with van der Waals surface area (Å²) in [6.45, 7) is 12.3. The molecule has 6 nitrogen and oxygen atoms in total. The molecule has 0 radical (unpaired) electrons. The molecule has 0 fully saturated rings. The van der Waals surface area contributed by atoms with Gasteiger partial charge in [-0.05, 0) is 68.7 Å². The first kappa shape index (κ1) is 24.1. The minimum absolute atomic E-state index is 0.115. The Morgan fingerprint density at radius 1 is 0.967 bits per heavy atom. The summed E-state index contributed by atoms with van der Waals surface area (Å²) in [7, 11) is -3.47. The van der Waals surface area contributed by atoms with Crippen LogP contribution in [0, 0.1) is 13.8 Å². The number of carbonyl (C=O) groups excluding carboxylic acids is 1. The maximum absolute atomic E-state index is 12.6. The fraction of sp³-hybridized carbons (Fsp3) is 0.435. The number of anilines is 1. The number of aryl methyl sites for hydroxylation is 2. The first-order valence-electron chi connectivity index (χ1n) is 10.3. The average Bonchev–Trinajstić information content (AvgIpc) is 2.71. The molecule has 2 rings (SSSR count). The highest BCUT2D eigenvalue weighted by Gasteiger charge is 2.22. The van der Waals surface area contributed by atoms with E-state index in [0.29, 0.717) is 13.1 Å². The molecule has 0 saturated carbocycles. The Balaban J connectivity index is 2.03. The molecule has 0 heterocycles. The standard InChI is InChI=1S/C23H33N3O3S/c1-7-26(8-2)30(28,29)22-13-10-20(11-14-22)18(5)24-19(6)23(27)25-21-12-9-16(3)17(4)15-21/h9-15,18-19,24H,7-8H2,1-6H3,(H,25,27). The fourth-order valence-corrected chi connectivity index (χ4v) is 4.72. The number of sulfonamides is 1. The summed E-state index contributed by atoms with van der Waals surface area (Å²) in [5.74, 6) is -0.120. The molecular formula is C23H33N3O3S. The van der Waals surface area contributed by atoms with E-state index >= 15 is 0 Å². The third-order valence-electron chi connectivity index (χ3n) is 5.39. The summed E-state index contributed by atoms with van der Waals surface area (Å²) in [6, 6.07) is 12.1. The van der Waals surface area contributed by atoms with Gasteiger partial charge in [0.1, 0.15) is 0 Å². The summed E-state index contributed by atoms with van der Waals surface area (Å²) in [6.07, 6.45) is 0. The molecule has 2 aromatic rings. The topological polar surface area (TPSA) is 78.5 Å². The minimum atomic E-state index is -3.47. The highest BCUT2D eigenvalue weighted by molar-refractivity contribution is 7.89. The molecule has 0 aliphatic heterocycles. The lowest BCUT2D eigenvalue weighted by Gasteiger charge is -2.21. The second-order valence-corrected chi connectivity index (χ2v) is 9.49. The van der Waals surface area contributed by atoms with Gasteiger partial charge in [0.25, 0.3) is 0 Å². The zero-order valence-electron chi connectivity index (χ0n) is 18.7. The Morgan fingerprint density at radius 3 is 2.10 bits per heavy atom. The molecule has 1 amide bonds. The average molecular weight is 432 g/mol.